The van der Waals surface area contributed by atoms with Gasteiger partial charge in [0, 0.05) is 6.07 Å². The van der Waals surface area contributed by atoms with E-state index in [1.54, 1.807) is 0 Å². The second-order valence-electron chi connectivity index (χ2n) is 6.18. The summed E-state index contributed by atoms with van der Waals surface area (Å²) >= 11 is 0. The van der Waals surface area contributed by atoms with E-state index in [0.29, 0.717) is 5.56 Å². The number of imidazole rings is 1. The Balaban J connectivity index is 1.68. The minimum Gasteiger partial charge on any atom is -0.281 e. The molecular weight excluding hydrogens is 407 g/mol. The Kier molecular flexibility index (Phi) is 4.65. The Hall–Kier alpha value is -3.89. The number of aromatic nitrogens is 4. The highest BCUT2D eigenvalue weighted by molar-refractivity contribution is 5.79. The molecule has 0 amide bonds. The van der Waals surface area contributed by atoms with E-state index >= 15 is 0 Å². The van der Waals surface area contributed by atoms with E-state index in [9.17, 15) is 22.0 Å². The number of hydrogen-bond acceptors (Lipinski definition) is 4. The predicted octanol–water partition coefficient (Wildman–Crippen LogP) is 3.88. The van der Waals surface area contributed by atoms with E-state index in [-0.39, 0.29) is 22.3 Å². The van der Waals surface area contributed by atoms with Crippen LogP contribution in [-0.2, 0) is 6.18 Å². The molecule has 0 atom stereocenters. The SMILES string of the molecule is N=c1c2ncn(-c3ccc(F)cc3F)c2ncn1/N=C\c1ccc(C(F)(F)F)cc1. The summed E-state index contributed by atoms with van der Waals surface area (Å²) in [7, 11) is 0. The van der Waals surface area contributed by atoms with Crippen molar-refractivity contribution in [3.8, 4) is 5.69 Å². The number of benzene rings is 2. The molecule has 11 heteroatoms. The third-order valence-electron chi connectivity index (χ3n) is 4.22. The lowest BCUT2D eigenvalue weighted by atomic mass is 10.1. The highest BCUT2D eigenvalue weighted by Crippen LogP contribution is 2.28. The molecule has 2 aromatic heterocycles. The predicted molar refractivity (Wildman–Crippen MR) is 97.1 cm³/mol. The van der Waals surface area contributed by atoms with Crippen molar-refractivity contribution in [1.82, 2.24) is 19.2 Å². The van der Waals surface area contributed by atoms with Gasteiger partial charge in [0.1, 0.15) is 24.3 Å². The van der Waals surface area contributed by atoms with Gasteiger partial charge in [-0.2, -0.15) is 18.3 Å². The quantitative estimate of drug-likeness (QED) is 0.405. The minimum absolute atomic E-state index is 0.0109. The first-order valence-corrected chi connectivity index (χ1v) is 8.40. The zero-order chi connectivity index (χ0) is 21.5. The van der Waals surface area contributed by atoms with Gasteiger partial charge in [-0.15, -0.1) is 0 Å². The molecule has 152 valence electrons. The topological polar surface area (TPSA) is 71.8 Å². The van der Waals surface area contributed by atoms with Gasteiger partial charge < -0.3 is 0 Å². The Morgan fingerprint density at radius 2 is 1.70 bits per heavy atom. The van der Waals surface area contributed by atoms with Gasteiger partial charge in [-0.25, -0.2) is 23.4 Å². The number of fused-ring (bicyclic) bond motifs is 1. The molecule has 0 saturated carbocycles. The lowest BCUT2D eigenvalue weighted by Gasteiger charge is -2.06. The highest BCUT2D eigenvalue weighted by Gasteiger charge is 2.29. The molecule has 0 spiro atoms. The van der Waals surface area contributed by atoms with Crippen molar-refractivity contribution in [2.45, 2.75) is 6.18 Å². The number of alkyl halides is 3. The fourth-order valence-corrected chi connectivity index (χ4v) is 2.74. The van der Waals surface area contributed by atoms with Crippen LogP contribution in [0.5, 0.6) is 0 Å². The maximum absolute atomic E-state index is 14.1. The average Bonchev–Trinajstić information content (AvgIpc) is 3.12. The molecule has 0 saturated heterocycles. The summed E-state index contributed by atoms with van der Waals surface area (Å²) < 4.78 is 67.4. The largest absolute Gasteiger partial charge is 0.416 e. The molecular formula is C19H11F5N6. The van der Waals surface area contributed by atoms with Crippen LogP contribution in [-0.4, -0.2) is 25.4 Å². The molecule has 4 rings (SSSR count). The van der Waals surface area contributed by atoms with Crippen molar-refractivity contribution in [2.24, 2.45) is 5.10 Å². The zero-order valence-electron chi connectivity index (χ0n) is 14.9. The fraction of sp³-hybridized carbons (Fsp3) is 0.0526. The molecule has 6 nitrogen and oxygen atoms in total. The van der Waals surface area contributed by atoms with Crippen molar-refractivity contribution in [2.75, 3.05) is 0 Å². The van der Waals surface area contributed by atoms with Gasteiger partial charge in [0.2, 0.25) is 0 Å². The van der Waals surface area contributed by atoms with Gasteiger partial charge in [0.15, 0.2) is 16.7 Å². The molecule has 0 unspecified atom stereocenters. The zero-order valence-corrected chi connectivity index (χ0v) is 14.9. The summed E-state index contributed by atoms with van der Waals surface area (Å²) in [5, 5.41) is 12.2. The van der Waals surface area contributed by atoms with E-state index in [1.165, 1.54) is 41.6 Å². The summed E-state index contributed by atoms with van der Waals surface area (Å²) in [6, 6.07) is 7.37. The van der Waals surface area contributed by atoms with E-state index in [2.05, 4.69) is 15.1 Å². The summed E-state index contributed by atoms with van der Waals surface area (Å²) in [5.41, 5.74) is -0.303. The molecule has 0 fully saturated rings. The Morgan fingerprint density at radius 3 is 2.37 bits per heavy atom. The number of nitrogens with one attached hydrogen (secondary N) is 1. The standard InChI is InChI=1S/C19H11F5N6/c20-13-5-6-15(14(21)7-13)29-9-26-16-17(25)30(10-27-18(16)29)28-8-11-1-3-12(4-2-11)19(22,23)24/h1-10,25H/b25-17?,28-8-. The van der Waals surface area contributed by atoms with E-state index < -0.39 is 23.4 Å². The van der Waals surface area contributed by atoms with Crippen LogP contribution >= 0.6 is 0 Å². The third-order valence-corrected chi connectivity index (χ3v) is 4.22. The Bertz CT molecular complexity index is 1320. The second-order valence-corrected chi connectivity index (χ2v) is 6.18. The molecule has 0 bridgehead atoms. The van der Waals surface area contributed by atoms with Crippen LogP contribution in [0.25, 0.3) is 16.9 Å². The van der Waals surface area contributed by atoms with Crippen LogP contribution in [0.1, 0.15) is 11.1 Å². The van der Waals surface area contributed by atoms with Crippen molar-refractivity contribution < 1.29 is 22.0 Å². The van der Waals surface area contributed by atoms with Crippen molar-refractivity contribution >= 4 is 17.4 Å². The maximum atomic E-state index is 14.1. The van der Waals surface area contributed by atoms with Gasteiger partial charge in [-0.05, 0) is 29.8 Å². The molecule has 0 radical (unpaired) electrons. The van der Waals surface area contributed by atoms with E-state index in [4.69, 9.17) is 5.41 Å². The molecule has 2 aromatic carbocycles. The Morgan fingerprint density at radius 1 is 0.967 bits per heavy atom. The number of halogens is 5. The number of hydrogen-bond donors (Lipinski definition) is 1. The molecule has 0 aliphatic heterocycles. The normalized spacial score (nSPS) is 12.2. The molecule has 0 aliphatic carbocycles. The maximum Gasteiger partial charge on any atom is 0.416 e. The second kappa shape index (κ2) is 7.17. The number of nitrogens with zero attached hydrogens (tertiary/aromatic N) is 5. The smallest absolute Gasteiger partial charge is 0.281 e. The van der Waals surface area contributed by atoms with E-state index in [1.807, 2.05) is 0 Å². The minimum atomic E-state index is -4.43. The number of rotatable bonds is 3. The van der Waals surface area contributed by atoms with Crippen LogP contribution < -0.4 is 5.49 Å². The summed E-state index contributed by atoms with van der Waals surface area (Å²) in [6.07, 6.45) is -0.736. The van der Waals surface area contributed by atoms with Gasteiger partial charge in [0.05, 0.1) is 17.5 Å². The lowest BCUT2D eigenvalue weighted by molar-refractivity contribution is -0.137. The summed E-state index contributed by atoms with van der Waals surface area (Å²) in [6.45, 7) is 0. The van der Waals surface area contributed by atoms with E-state index in [0.717, 1.165) is 28.9 Å². The van der Waals surface area contributed by atoms with Gasteiger partial charge in [-0.3, -0.25) is 9.98 Å². The average molecular weight is 418 g/mol. The van der Waals surface area contributed by atoms with Gasteiger partial charge >= 0.3 is 6.18 Å². The van der Waals surface area contributed by atoms with Crippen molar-refractivity contribution in [3.05, 3.63) is 83.4 Å². The first-order valence-electron chi connectivity index (χ1n) is 8.40. The lowest BCUT2D eigenvalue weighted by Crippen LogP contribution is -2.18. The highest BCUT2D eigenvalue weighted by atomic mass is 19.4. The van der Waals surface area contributed by atoms with Crippen molar-refractivity contribution in [1.29, 1.82) is 5.41 Å². The molecule has 4 aromatic rings. The van der Waals surface area contributed by atoms with Crippen molar-refractivity contribution in [3.63, 3.8) is 0 Å². The first-order chi connectivity index (χ1) is 14.2. The van der Waals surface area contributed by atoms with Gasteiger partial charge in [-0.1, -0.05) is 12.1 Å². The third kappa shape index (κ3) is 3.56. The molecule has 0 aliphatic rings. The summed E-state index contributed by atoms with van der Waals surface area (Å²) in [4.78, 5) is 8.17. The van der Waals surface area contributed by atoms with Crippen LogP contribution in [0.4, 0.5) is 22.0 Å². The van der Waals surface area contributed by atoms with Gasteiger partial charge in [0.25, 0.3) is 0 Å². The van der Waals surface area contributed by atoms with Crippen LogP contribution in [0.2, 0.25) is 0 Å². The molecule has 1 N–H and O–H groups in total. The first kappa shape index (κ1) is 19.4. The monoisotopic (exact) mass is 418 g/mol. The molecule has 30 heavy (non-hydrogen) atoms. The Labute approximate surface area is 165 Å². The fourth-order valence-electron chi connectivity index (χ4n) is 2.74. The van der Waals surface area contributed by atoms with Crippen LogP contribution in [0.3, 0.4) is 0 Å². The van der Waals surface area contributed by atoms with Crippen LogP contribution in [0.15, 0.2) is 60.2 Å². The summed E-state index contributed by atoms with van der Waals surface area (Å²) in [5.74, 6) is -1.55. The molecule has 2 heterocycles. The van der Waals surface area contributed by atoms with Crippen LogP contribution in [0, 0.1) is 17.0 Å².